The fourth-order valence-electron chi connectivity index (χ4n) is 2.56. The first kappa shape index (κ1) is 9.51. The van der Waals surface area contributed by atoms with Crippen molar-refractivity contribution in [2.45, 2.75) is 39.5 Å². The first-order valence-corrected chi connectivity index (χ1v) is 5.39. The molecule has 0 bridgehead atoms. The van der Waals surface area contributed by atoms with Crippen LogP contribution in [0.15, 0.2) is 29.8 Å². The molecule has 0 amide bonds. The van der Waals surface area contributed by atoms with Crippen LogP contribution in [0.2, 0.25) is 0 Å². The maximum atomic E-state index is 2.36. The number of hydrogen-bond acceptors (Lipinski definition) is 0. The zero-order valence-corrected chi connectivity index (χ0v) is 9.52. The molecule has 0 heteroatoms. The highest BCUT2D eigenvalue weighted by Crippen LogP contribution is 2.47. The van der Waals surface area contributed by atoms with Gasteiger partial charge in [-0.1, -0.05) is 43.7 Å². The van der Waals surface area contributed by atoms with E-state index in [9.17, 15) is 0 Å². The maximum absolute atomic E-state index is 2.36. The van der Waals surface area contributed by atoms with Crippen LogP contribution in [-0.4, -0.2) is 0 Å². The van der Waals surface area contributed by atoms with Crippen molar-refractivity contribution < 1.29 is 0 Å². The normalized spacial score (nSPS) is 25.4. The Kier molecular flexibility index (Phi) is 2.02. The second-order valence-electron chi connectivity index (χ2n) is 4.48. The lowest BCUT2D eigenvalue weighted by Crippen LogP contribution is -2.19. The number of fused-ring (bicyclic) bond motifs is 1. The molecule has 2 rings (SSSR count). The van der Waals surface area contributed by atoms with Gasteiger partial charge in [0.25, 0.3) is 0 Å². The fraction of sp³-hybridized carbons (Fsp3) is 0.429. The molecule has 1 atom stereocenters. The zero-order chi connectivity index (χ0) is 10.3. The largest absolute Gasteiger partial charge is 0.0642 e. The summed E-state index contributed by atoms with van der Waals surface area (Å²) in [4.78, 5) is 0. The van der Waals surface area contributed by atoms with Crippen LogP contribution in [0.5, 0.6) is 0 Å². The topological polar surface area (TPSA) is 0 Å². The SMILES string of the molecule is CCC1(C)C(C)=C(C)c2ccccc21. The van der Waals surface area contributed by atoms with Crippen molar-refractivity contribution in [2.24, 2.45) is 0 Å². The molecule has 0 aromatic heterocycles. The third-order valence-electron chi connectivity index (χ3n) is 4.02. The smallest absolute Gasteiger partial charge is 0.0140 e. The van der Waals surface area contributed by atoms with Gasteiger partial charge in [-0.05, 0) is 37.0 Å². The average molecular weight is 186 g/mol. The van der Waals surface area contributed by atoms with Gasteiger partial charge in [0.15, 0.2) is 0 Å². The summed E-state index contributed by atoms with van der Waals surface area (Å²) in [5.41, 5.74) is 6.26. The Balaban J connectivity index is 2.70. The van der Waals surface area contributed by atoms with Crippen LogP contribution in [0.3, 0.4) is 0 Å². The Morgan fingerprint density at radius 1 is 1.14 bits per heavy atom. The molecule has 1 aromatic carbocycles. The standard InChI is InChI=1S/C14H18/c1-5-14(4)11(3)10(2)12-8-6-7-9-13(12)14/h6-9H,5H2,1-4H3. The van der Waals surface area contributed by atoms with Gasteiger partial charge in [0.05, 0.1) is 0 Å². The Bertz CT molecular complexity index is 398. The van der Waals surface area contributed by atoms with Crippen molar-refractivity contribution in [2.75, 3.05) is 0 Å². The third-order valence-corrected chi connectivity index (χ3v) is 4.02. The van der Waals surface area contributed by atoms with E-state index >= 15 is 0 Å². The molecular formula is C14H18. The van der Waals surface area contributed by atoms with Gasteiger partial charge in [-0.3, -0.25) is 0 Å². The van der Waals surface area contributed by atoms with E-state index < -0.39 is 0 Å². The summed E-state index contributed by atoms with van der Waals surface area (Å²) in [7, 11) is 0. The van der Waals surface area contributed by atoms with Crippen LogP contribution >= 0.6 is 0 Å². The summed E-state index contributed by atoms with van der Waals surface area (Å²) in [5.74, 6) is 0. The van der Waals surface area contributed by atoms with Crippen molar-refractivity contribution in [3.63, 3.8) is 0 Å². The van der Waals surface area contributed by atoms with Gasteiger partial charge in [-0.15, -0.1) is 0 Å². The fourth-order valence-corrected chi connectivity index (χ4v) is 2.56. The Morgan fingerprint density at radius 3 is 2.43 bits per heavy atom. The van der Waals surface area contributed by atoms with Gasteiger partial charge in [-0.2, -0.15) is 0 Å². The minimum Gasteiger partial charge on any atom is -0.0642 e. The molecule has 1 unspecified atom stereocenters. The van der Waals surface area contributed by atoms with Crippen molar-refractivity contribution in [3.8, 4) is 0 Å². The van der Waals surface area contributed by atoms with E-state index in [1.165, 1.54) is 23.1 Å². The van der Waals surface area contributed by atoms with Gasteiger partial charge < -0.3 is 0 Å². The minimum atomic E-state index is 0.278. The highest BCUT2D eigenvalue weighted by Gasteiger charge is 2.35. The van der Waals surface area contributed by atoms with E-state index in [0.717, 1.165) is 0 Å². The number of allylic oxidation sites excluding steroid dienone is 2. The number of benzene rings is 1. The molecule has 0 N–H and O–H groups in total. The van der Waals surface area contributed by atoms with Gasteiger partial charge in [0.1, 0.15) is 0 Å². The van der Waals surface area contributed by atoms with Gasteiger partial charge in [-0.25, -0.2) is 0 Å². The van der Waals surface area contributed by atoms with E-state index in [4.69, 9.17) is 0 Å². The molecule has 0 heterocycles. The van der Waals surface area contributed by atoms with Crippen molar-refractivity contribution in [3.05, 3.63) is 41.0 Å². The van der Waals surface area contributed by atoms with Crippen molar-refractivity contribution in [1.82, 2.24) is 0 Å². The average Bonchev–Trinajstić information content (AvgIpc) is 2.43. The van der Waals surface area contributed by atoms with Crippen molar-refractivity contribution >= 4 is 5.57 Å². The molecule has 14 heavy (non-hydrogen) atoms. The summed E-state index contributed by atoms with van der Waals surface area (Å²) in [6, 6.07) is 8.81. The molecule has 0 aliphatic heterocycles. The third kappa shape index (κ3) is 1.00. The van der Waals surface area contributed by atoms with Crippen LogP contribution in [0.4, 0.5) is 0 Å². The van der Waals surface area contributed by atoms with E-state index in [-0.39, 0.29) is 5.41 Å². The molecular weight excluding hydrogens is 168 g/mol. The first-order chi connectivity index (χ1) is 6.61. The van der Waals surface area contributed by atoms with E-state index in [2.05, 4.69) is 52.0 Å². The Labute approximate surface area is 86.7 Å². The molecule has 74 valence electrons. The lowest BCUT2D eigenvalue weighted by atomic mass is 9.77. The summed E-state index contributed by atoms with van der Waals surface area (Å²) >= 11 is 0. The van der Waals surface area contributed by atoms with Crippen LogP contribution in [0.1, 0.15) is 45.2 Å². The molecule has 0 saturated carbocycles. The highest BCUT2D eigenvalue weighted by atomic mass is 14.4. The first-order valence-electron chi connectivity index (χ1n) is 5.39. The van der Waals surface area contributed by atoms with Crippen LogP contribution in [-0.2, 0) is 5.41 Å². The van der Waals surface area contributed by atoms with Crippen LogP contribution in [0.25, 0.3) is 5.57 Å². The molecule has 1 aliphatic carbocycles. The monoisotopic (exact) mass is 186 g/mol. The van der Waals surface area contributed by atoms with Gasteiger partial charge in [0, 0.05) is 5.41 Å². The molecule has 1 aliphatic rings. The van der Waals surface area contributed by atoms with E-state index in [1.807, 2.05) is 0 Å². The lowest BCUT2D eigenvalue weighted by Gasteiger charge is -2.26. The molecule has 0 spiro atoms. The second-order valence-corrected chi connectivity index (χ2v) is 4.48. The zero-order valence-electron chi connectivity index (χ0n) is 9.52. The summed E-state index contributed by atoms with van der Waals surface area (Å²) < 4.78 is 0. The molecule has 0 saturated heterocycles. The number of hydrogen-bond donors (Lipinski definition) is 0. The molecule has 0 radical (unpaired) electrons. The lowest BCUT2D eigenvalue weighted by molar-refractivity contribution is 0.548. The summed E-state index contributed by atoms with van der Waals surface area (Å²) in [5, 5.41) is 0. The van der Waals surface area contributed by atoms with Crippen LogP contribution in [0, 0.1) is 0 Å². The van der Waals surface area contributed by atoms with E-state index in [1.54, 1.807) is 5.57 Å². The van der Waals surface area contributed by atoms with Gasteiger partial charge in [0.2, 0.25) is 0 Å². The van der Waals surface area contributed by atoms with E-state index in [0.29, 0.717) is 0 Å². The van der Waals surface area contributed by atoms with Crippen molar-refractivity contribution in [1.29, 1.82) is 0 Å². The molecule has 0 nitrogen and oxygen atoms in total. The number of rotatable bonds is 1. The van der Waals surface area contributed by atoms with Crippen LogP contribution < -0.4 is 0 Å². The predicted molar refractivity (Wildman–Crippen MR) is 62.4 cm³/mol. The molecule has 0 fully saturated rings. The minimum absolute atomic E-state index is 0.278. The maximum Gasteiger partial charge on any atom is 0.0140 e. The molecule has 1 aromatic rings. The highest BCUT2D eigenvalue weighted by molar-refractivity contribution is 5.78. The Hall–Kier alpha value is -1.04. The van der Waals surface area contributed by atoms with Gasteiger partial charge >= 0.3 is 0 Å². The second kappa shape index (κ2) is 2.98. The Morgan fingerprint density at radius 2 is 1.79 bits per heavy atom. The summed E-state index contributed by atoms with van der Waals surface area (Å²) in [6.45, 7) is 9.16. The quantitative estimate of drug-likeness (QED) is 0.617. The summed E-state index contributed by atoms with van der Waals surface area (Å²) in [6.07, 6.45) is 1.19. The predicted octanol–water partition coefficient (Wildman–Crippen LogP) is 4.16.